The van der Waals surface area contributed by atoms with E-state index in [0.29, 0.717) is 0 Å². The van der Waals surface area contributed by atoms with Crippen LogP contribution in [0.3, 0.4) is 0 Å². The Hall–Kier alpha value is -0.380. The van der Waals surface area contributed by atoms with E-state index in [1.54, 1.807) is 0 Å². The Morgan fingerprint density at radius 3 is 2.50 bits per heavy atom. The third-order valence-electron chi connectivity index (χ3n) is 3.96. The Balaban J connectivity index is 1.80. The van der Waals surface area contributed by atoms with Crippen molar-refractivity contribution < 1.29 is 5.11 Å². The van der Waals surface area contributed by atoms with Crippen LogP contribution in [-0.2, 0) is 0 Å². The number of rotatable bonds is 5. The van der Waals surface area contributed by atoms with Crippen molar-refractivity contribution in [3.05, 3.63) is 34.3 Å². The fraction of sp³-hybridized carbons (Fsp3) is 0.600. The van der Waals surface area contributed by atoms with Gasteiger partial charge in [-0.3, -0.25) is 0 Å². The predicted octanol–water partition coefficient (Wildman–Crippen LogP) is 3.75. The normalized spacial score (nSPS) is 18.4. The van der Waals surface area contributed by atoms with E-state index in [1.165, 1.54) is 25.7 Å². The summed E-state index contributed by atoms with van der Waals surface area (Å²) in [6.45, 7) is 0.974. The van der Waals surface area contributed by atoms with Crippen LogP contribution in [-0.4, -0.2) is 29.6 Å². The van der Waals surface area contributed by atoms with Gasteiger partial charge in [0.2, 0.25) is 0 Å². The van der Waals surface area contributed by atoms with Gasteiger partial charge in [-0.05, 0) is 44.0 Å². The lowest BCUT2D eigenvalue weighted by atomic mass is 10.1. The predicted molar refractivity (Wildman–Crippen MR) is 78.6 cm³/mol. The quantitative estimate of drug-likeness (QED) is 0.895. The number of aliphatic hydroxyl groups is 1. The lowest BCUT2D eigenvalue weighted by Crippen LogP contribution is -2.30. The number of benzene rings is 1. The Labute approximate surface area is 118 Å². The molecule has 2 rings (SSSR count). The van der Waals surface area contributed by atoms with E-state index in [9.17, 15) is 5.11 Å². The summed E-state index contributed by atoms with van der Waals surface area (Å²) in [6.07, 6.45) is 5.85. The average molecular weight is 312 g/mol. The van der Waals surface area contributed by atoms with Gasteiger partial charge >= 0.3 is 0 Å². The first-order chi connectivity index (χ1) is 8.66. The van der Waals surface area contributed by atoms with Crippen LogP contribution in [0.4, 0.5) is 0 Å². The van der Waals surface area contributed by atoms with Crippen molar-refractivity contribution in [3.8, 4) is 0 Å². The molecule has 100 valence electrons. The minimum absolute atomic E-state index is 0.345. The summed E-state index contributed by atoms with van der Waals surface area (Å²) in [6, 6.07) is 8.69. The first-order valence-electron chi connectivity index (χ1n) is 6.80. The highest BCUT2D eigenvalue weighted by Crippen LogP contribution is 2.24. The molecule has 0 amide bonds. The third-order valence-corrected chi connectivity index (χ3v) is 4.49. The molecule has 1 aromatic rings. The van der Waals surface area contributed by atoms with E-state index in [0.717, 1.165) is 29.0 Å². The zero-order valence-corrected chi connectivity index (χ0v) is 12.6. The van der Waals surface area contributed by atoms with Crippen LogP contribution in [0.25, 0.3) is 0 Å². The second-order valence-electron chi connectivity index (χ2n) is 5.27. The Kier molecular flexibility index (Phi) is 5.22. The standard InChI is InChI=1S/C15H22BrNO/c1-17(14-4-2-3-5-14)11-10-15(18)12-6-8-13(16)9-7-12/h6-9,14-15,18H,2-5,10-11H2,1H3. The molecule has 0 aliphatic heterocycles. The van der Waals surface area contributed by atoms with Crippen LogP contribution in [0.2, 0.25) is 0 Å². The lowest BCUT2D eigenvalue weighted by Gasteiger charge is -2.25. The molecule has 18 heavy (non-hydrogen) atoms. The molecule has 0 aromatic heterocycles. The zero-order chi connectivity index (χ0) is 13.0. The van der Waals surface area contributed by atoms with Gasteiger partial charge in [-0.25, -0.2) is 0 Å². The van der Waals surface area contributed by atoms with Crippen molar-refractivity contribution >= 4 is 15.9 Å². The van der Waals surface area contributed by atoms with Gasteiger partial charge in [-0.2, -0.15) is 0 Å². The molecule has 1 N–H and O–H groups in total. The molecule has 1 saturated carbocycles. The van der Waals surface area contributed by atoms with E-state index in [2.05, 4.69) is 27.9 Å². The van der Waals surface area contributed by atoms with Gasteiger partial charge in [0.05, 0.1) is 6.10 Å². The summed E-state index contributed by atoms with van der Waals surface area (Å²) >= 11 is 3.41. The smallest absolute Gasteiger partial charge is 0.0802 e. The highest BCUT2D eigenvalue weighted by molar-refractivity contribution is 9.10. The van der Waals surface area contributed by atoms with E-state index >= 15 is 0 Å². The summed E-state index contributed by atoms with van der Waals surface area (Å²) in [7, 11) is 2.18. The first kappa shape index (κ1) is 14.0. The Morgan fingerprint density at radius 1 is 1.28 bits per heavy atom. The largest absolute Gasteiger partial charge is 0.388 e. The molecule has 1 unspecified atom stereocenters. The molecule has 3 heteroatoms. The van der Waals surface area contributed by atoms with Crippen LogP contribution in [0.15, 0.2) is 28.7 Å². The summed E-state index contributed by atoms with van der Waals surface area (Å²) in [5.74, 6) is 0. The molecule has 0 heterocycles. The van der Waals surface area contributed by atoms with Gasteiger partial charge in [0.1, 0.15) is 0 Å². The molecular formula is C15H22BrNO. The molecule has 0 spiro atoms. The van der Waals surface area contributed by atoms with E-state index in [-0.39, 0.29) is 6.10 Å². The molecule has 1 fully saturated rings. The highest BCUT2D eigenvalue weighted by atomic mass is 79.9. The Bertz CT molecular complexity index is 359. The molecule has 0 saturated heterocycles. The third kappa shape index (κ3) is 3.81. The summed E-state index contributed by atoms with van der Waals surface area (Å²) in [4.78, 5) is 2.41. The van der Waals surface area contributed by atoms with Crippen LogP contribution in [0.5, 0.6) is 0 Å². The SMILES string of the molecule is CN(CCC(O)c1ccc(Br)cc1)C1CCCC1. The van der Waals surface area contributed by atoms with Crippen LogP contribution in [0, 0.1) is 0 Å². The van der Waals surface area contributed by atoms with Crippen molar-refractivity contribution in [2.45, 2.75) is 44.2 Å². The van der Waals surface area contributed by atoms with E-state index < -0.39 is 0 Å². The van der Waals surface area contributed by atoms with Gasteiger partial charge in [-0.15, -0.1) is 0 Å². The fourth-order valence-corrected chi connectivity index (χ4v) is 2.97. The van der Waals surface area contributed by atoms with Crippen molar-refractivity contribution in [2.75, 3.05) is 13.6 Å². The summed E-state index contributed by atoms with van der Waals surface area (Å²) in [5.41, 5.74) is 1.01. The number of aliphatic hydroxyl groups excluding tert-OH is 1. The highest BCUT2D eigenvalue weighted by Gasteiger charge is 2.20. The second kappa shape index (κ2) is 6.69. The zero-order valence-electron chi connectivity index (χ0n) is 11.0. The number of halogens is 1. The van der Waals surface area contributed by atoms with E-state index in [4.69, 9.17) is 0 Å². The Morgan fingerprint density at radius 2 is 1.89 bits per heavy atom. The van der Waals surface area contributed by atoms with Gasteiger partial charge in [0.15, 0.2) is 0 Å². The van der Waals surface area contributed by atoms with Crippen molar-refractivity contribution in [1.82, 2.24) is 4.90 Å². The van der Waals surface area contributed by atoms with Crippen LogP contribution >= 0.6 is 15.9 Å². The minimum Gasteiger partial charge on any atom is -0.388 e. The molecule has 1 atom stereocenters. The number of hydrogen-bond acceptors (Lipinski definition) is 2. The van der Waals surface area contributed by atoms with Crippen molar-refractivity contribution in [2.24, 2.45) is 0 Å². The summed E-state index contributed by atoms with van der Waals surface area (Å²) < 4.78 is 1.06. The van der Waals surface area contributed by atoms with Gasteiger partial charge in [-0.1, -0.05) is 40.9 Å². The number of nitrogens with zero attached hydrogens (tertiary/aromatic N) is 1. The molecule has 1 aliphatic carbocycles. The van der Waals surface area contributed by atoms with Crippen LogP contribution < -0.4 is 0 Å². The van der Waals surface area contributed by atoms with Crippen molar-refractivity contribution in [1.29, 1.82) is 0 Å². The van der Waals surface area contributed by atoms with Gasteiger partial charge in [0.25, 0.3) is 0 Å². The van der Waals surface area contributed by atoms with E-state index in [1.807, 2.05) is 24.3 Å². The summed E-state index contributed by atoms with van der Waals surface area (Å²) in [5, 5.41) is 10.2. The topological polar surface area (TPSA) is 23.5 Å². The second-order valence-corrected chi connectivity index (χ2v) is 6.19. The van der Waals surface area contributed by atoms with Gasteiger partial charge < -0.3 is 10.0 Å². The maximum atomic E-state index is 10.2. The fourth-order valence-electron chi connectivity index (χ4n) is 2.71. The van der Waals surface area contributed by atoms with Crippen molar-refractivity contribution in [3.63, 3.8) is 0 Å². The molecule has 2 nitrogen and oxygen atoms in total. The molecule has 0 bridgehead atoms. The average Bonchev–Trinajstić information content (AvgIpc) is 2.90. The lowest BCUT2D eigenvalue weighted by molar-refractivity contribution is 0.137. The molecular weight excluding hydrogens is 290 g/mol. The molecule has 1 aromatic carbocycles. The van der Waals surface area contributed by atoms with Gasteiger partial charge in [0, 0.05) is 17.1 Å². The first-order valence-corrected chi connectivity index (χ1v) is 7.60. The minimum atomic E-state index is -0.345. The monoisotopic (exact) mass is 311 g/mol. The maximum absolute atomic E-state index is 10.2. The molecule has 0 radical (unpaired) electrons. The van der Waals surface area contributed by atoms with Crippen LogP contribution in [0.1, 0.15) is 43.8 Å². The maximum Gasteiger partial charge on any atom is 0.0802 e. The number of hydrogen-bond donors (Lipinski definition) is 1. The molecule has 1 aliphatic rings.